The molecule has 3 heterocycles. The Balaban J connectivity index is 1.31. The quantitative estimate of drug-likeness (QED) is 0.647. The van der Waals surface area contributed by atoms with Crippen LogP contribution < -0.4 is 5.32 Å². The number of nitrogens with zero attached hydrogens (tertiary/aromatic N) is 4. The molecule has 0 aliphatic carbocycles. The number of fused-ring (bicyclic) bond motifs is 1. The summed E-state index contributed by atoms with van der Waals surface area (Å²) in [5.41, 5.74) is 0.646. The van der Waals surface area contributed by atoms with Crippen LogP contribution in [-0.4, -0.2) is 38.7 Å². The molecule has 0 bridgehead atoms. The number of aryl methyl sites for hydroxylation is 1. The van der Waals surface area contributed by atoms with Crippen molar-refractivity contribution in [2.24, 2.45) is 0 Å². The molecule has 1 aromatic carbocycles. The molecule has 30 heavy (non-hydrogen) atoms. The molecule has 0 saturated carbocycles. The number of nitrogens with one attached hydrogen (secondary N) is 1. The standard InChI is InChI=1S/C22H26FN5O2/c1-2-18-6-7-19(30-18)15-27-9-8-20-25-26-21(28(20)11-10-27)14-24-22(29)13-16-4-3-5-17(23)12-16/h3-7,12H,2,8-11,13-15H2,1H3,(H,24,29). The summed E-state index contributed by atoms with van der Waals surface area (Å²) >= 11 is 0. The van der Waals surface area contributed by atoms with E-state index in [1.165, 1.54) is 12.1 Å². The molecule has 0 fully saturated rings. The van der Waals surface area contributed by atoms with E-state index in [0.717, 1.165) is 62.2 Å². The minimum absolute atomic E-state index is 0.134. The number of carbonyl (C=O) groups is 1. The number of hydrogen-bond donors (Lipinski definition) is 1. The number of furan rings is 1. The predicted molar refractivity (Wildman–Crippen MR) is 109 cm³/mol. The number of hydrogen-bond acceptors (Lipinski definition) is 5. The average Bonchev–Trinajstić information content (AvgIpc) is 3.29. The Morgan fingerprint density at radius 3 is 2.83 bits per heavy atom. The van der Waals surface area contributed by atoms with Crippen LogP contribution in [0.1, 0.15) is 35.7 Å². The first kappa shape index (κ1) is 20.3. The lowest BCUT2D eigenvalue weighted by molar-refractivity contribution is -0.120. The number of halogens is 1. The summed E-state index contributed by atoms with van der Waals surface area (Å²) in [6.07, 6.45) is 1.83. The molecule has 8 heteroatoms. The Kier molecular flexibility index (Phi) is 6.23. The molecule has 7 nitrogen and oxygen atoms in total. The third-order valence-corrected chi connectivity index (χ3v) is 5.34. The normalized spacial score (nSPS) is 14.3. The van der Waals surface area contributed by atoms with Gasteiger partial charge in [0.05, 0.1) is 19.5 Å². The second-order valence-corrected chi connectivity index (χ2v) is 7.52. The summed E-state index contributed by atoms with van der Waals surface area (Å²) in [6.45, 7) is 5.67. The molecule has 4 rings (SSSR count). The van der Waals surface area contributed by atoms with E-state index in [1.54, 1.807) is 12.1 Å². The van der Waals surface area contributed by atoms with E-state index >= 15 is 0 Å². The van der Waals surface area contributed by atoms with E-state index in [-0.39, 0.29) is 18.1 Å². The highest BCUT2D eigenvalue weighted by molar-refractivity contribution is 5.78. The second kappa shape index (κ2) is 9.21. The first-order valence-electron chi connectivity index (χ1n) is 10.3. The van der Waals surface area contributed by atoms with Crippen molar-refractivity contribution in [3.8, 4) is 0 Å². The Labute approximate surface area is 174 Å². The van der Waals surface area contributed by atoms with Crippen molar-refractivity contribution in [3.05, 3.63) is 70.9 Å². The van der Waals surface area contributed by atoms with E-state index in [1.807, 2.05) is 12.1 Å². The van der Waals surface area contributed by atoms with Crippen LogP contribution in [0.15, 0.2) is 40.8 Å². The van der Waals surface area contributed by atoms with Gasteiger partial charge >= 0.3 is 0 Å². The van der Waals surface area contributed by atoms with Crippen molar-refractivity contribution >= 4 is 5.91 Å². The number of carbonyl (C=O) groups excluding carboxylic acids is 1. The smallest absolute Gasteiger partial charge is 0.224 e. The first-order chi connectivity index (χ1) is 14.6. The fourth-order valence-corrected chi connectivity index (χ4v) is 3.71. The lowest BCUT2D eigenvalue weighted by atomic mass is 10.1. The SMILES string of the molecule is CCc1ccc(CN2CCc3nnc(CNC(=O)Cc4cccc(F)c4)n3CC2)o1. The number of benzene rings is 1. The van der Waals surface area contributed by atoms with E-state index in [9.17, 15) is 9.18 Å². The molecule has 1 N–H and O–H groups in total. The van der Waals surface area contributed by atoms with Crippen LogP contribution in [0.25, 0.3) is 0 Å². The van der Waals surface area contributed by atoms with E-state index in [4.69, 9.17) is 4.42 Å². The highest BCUT2D eigenvalue weighted by Crippen LogP contribution is 2.15. The maximum atomic E-state index is 13.3. The third-order valence-electron chi connectivity index (χ3n) is 5.34. The van der Waals surface area contributed by atoms with Crippen LogP contribution in [0.4, 0.5) is 4.39 Å². The predicted octanol–water partition coefficient (Wildman–Crippen LogP) is 2.49. The Morgan fingerprint density at radius 2 is 2.03 bits per heavy atom. The molecular weight excluding hydrogens is 385 g/mol. The molecule has 0 spiro atoms. The molecule has 0 unspecified atom stereocenters. The van der Waals surface area contributed by atoms with Gasteiger partial charge in [0.25, 0.3) is 0 Å². The average molecular weight is 411 g/mol. The summed E-state index contributed by atoms with van der Waals surface area (Å²) in [4.78, 5) is 14.6. The van der Waals surface area contributed by atoms with Gasteiger partial charge in [0.2, 0.25) is 5.91 Å². The first-order valence-corrected chi connectivity index (χ1v) is 10.3. The lowest BCUT2D eigenvalue weighted by Crippen LogP contribution is -2.28. The van der Waals surface area contributed by atoms with Crippen LogP contribution in [0, 0.1) is 5.82 Å². The van der Waals surface area contributed by atoms with Crippen LogP contribution in [0.5, 0.6) is 0 Å². The highest BCUT2D eigenvalue weighted by Gasteiger charge is 2.20. The fourth-order valence-electron chi connectivity index (χ4n) is 3.71. The van der Waals surface area contributed by atoms with Crippen molar-refractivity contribution in [2.75, 3.05) is 13.1 Å². The number of aromatic nitrogens is 3. The number of rotatable bonds is 7. The van der Waals surface area contributed by atoms with Gasteiger partial charge < -0.3 is 14.3 Å². The Hall–Kier alpha value is -3.00. The topological polar surface area (TPSA) is 76.2 Å². The molecule has 1 amide bonds. The van der Waals surface area contributed by atoms with Gasteiger partial charge in [-0.25, -0.2) is 4.39 Å². The van der Waals surface area contributed by atoms with Gasteiger partial charge in [-0.15, -0.1) is 10.2 Å². The molecule has 0 atom stereocenters. The molecule has 0 saturated heterocycles. The van der Waals surface area contributed by atoms with Gasteiger partial charge in [0.15, 0.2) is 5.82 Å². The monoisotopic (exact) mass is 411 g/mol. The lowest BCUT2D eigenvalue weighted by Gasteiger charge is -2.18. The molecular formula is C22H26FN5O2. The van der Waals surface area contributed by atoms with Gasteiger partial charge in [0, 0.05) is 32.5 Å². The molecule has 0 radical (unpaired) electrons. The summed E-state index contributed by atoms with van der Waals surface area (Å²) < 4.78 is 21.2. The van der Waals surface area contributed by atoms with Gasteiger partial charge in [0.1, 0.15) is 23.2 Å². The third kappa shape index (κ3) is 4.94. The van der Waals surface area contributed by atoms with Crippen molar-refractivity contribution in [1.82, 2.24) is 25.0 Å². The minimum Gasteiger partial charge on any atom is -0.465 e. The van der Waals surface area contributed by atoms with Gasteiger partial charge in [-0.1, -0.05) is 19.1 Å². The van der Waals surface area contributed by atoms with Gasteiger partial charge in [-0.05, 0) is 29.8 Å². The molecule has 1 aliphatic rings. The van der Waals surface area contributed by atoms with E-state index < -0.39 is 0 Å². The van der Waals surface area contributed by atoms with Gasteiger partial charge in [-0.2, -0.15) is 0 Å². The highest BCUT2D eigenvalue weighted by atomic mass is 19.1. The maximum Gasteiger partial charge on any atom is 0.224 e. The second-order valence-electron chi connectivity index (χ2n) is 7.52. The summed E-state index contributed by atoms with van der Waals surface area (Å²) in [7, 11) is 0. The van der Waals surface area contributed by atoms with E-state index in [2.05, 4.69) is 31.9 Å². The summed E-state index contributed by atoms with van der Waals surface area (Å²) in [5.74, 6) is 3.15. The maximum absolute atomic E-state index is 13.3. The minimum atomic E-state index is -0.340. The van der Waals surface area contributed by atoms with Crippen LogP contribution >= 0.6 is 0 Å². The van der Waals surface area contributed by atoms with Crippen molar-refractivity contribution < 1.29 is 13.6 Å². The molecule has 158 valence electrons. The summed E-state index contributed by atoms with van der Waals surface area (Å²) in [5, 5.41) is 11.4. The van der Waals surface area contributed by atoms with Crippen LogP contribution in [0.2, 0.25) is 0 Å². The molecule has 2 aromatic heterocycles. The Bertz CT molecular complexity index is 1010. The zero-order chi connectivity index (χ0) is 20.9. The van der Waals surface area contributed by atoms with Gasteiger partial charge in [-0.3, -0.25) is 9.69 Å². The zero-order valence-corrected chi connectivity index (χ0v) is 17.1. The summed E-state index contributed by atoms with van der Waals surface area (Å²) in [6, 6.07) is 10.2. The fraction of sp³-hybridized carbons (Fsp3) is 0.409. The zero-order valence-electron chi connectivity index (χ0n) is 17.1. The van der Waals surface area contributed by atoms with Crippen LogP contribution in [0.3, 0.4) is 0 Å². The largest absolute Gasteiger partial charge is 0.465 e. The molecule has 1 aliphatic heterocycles. The molecule has 3 aromatic rings. The van der Waals surface area contributed by atoms with Crippen molar-refractivity contribution in [1.29, 1.82) is 0 Å². The van der Waals surface area contributed by atoms with E-state index in [0.29, 0.717) is 12.1 Å². The Morgan fingerprint density at radius 1 is 1.17 bits per heavy atom. The number of amides is 1. The van der Waals surface area contributed by atoms with Crippen LogP contribution in [-0.2, 0) is 43.7 Å². The van der Waals surface area contributed by atoms with Crippen molar-refractivity contribution in [2.45, 2.75) is 45.8 Å². The van der Waals surface area contributed by atoms with Crippen molar-refractivity contribution in [3.63, 3.8) is 0 Å².